The van der Waals surface area contributed by atoms with Crippen LogP contribution in [0.3, 0.4) is 0 Å². The van der Waals surface area contributed by atoms with Gasteiger partial charge in [-0.25, -0.2) is 4.79 Å². The van der Waals surface area contributed by atoms with Gasteiger partial charge in [-0.1, -0.05) is 0 Å². The van der Waals surface area contributed by atoms with Gasteiger partial charge in [-0.05, 0) is 43.2 Å². The van der Waals surface area contributed by atoms with Crippen LogP contribution in [0.4, 0.5) is 4.79 Å². The molecular weight excluding hydrogens is 224 g/mol. The lowest BCUT2D eigenvalue weighted by Crippen LogP contribution is -2.47. The molecule has 0 saturated heterocycles. The van der Waals surface area contributed by atoms with Gasteiger partial charge in [-0.3, -0.25) is 0 Å². The van der Waals surface area contributed by atoms with Crippen molar-refractivity contribution in [1.29, 1.82) is 0 Å². The number of hydrogen-bond acceptors (Lipinski definition) is 3. The molecule has 16 heavy (non-hydrogen) atoms. The molecule has 88 valence electrons. The molecule has 1 aromatic heterocycles. The predicted molar refractivity (Wildman–Crippen MR) is 64.5 cm³/mol. The first kappa shape index (κ1) is 12.7. The second-order valence-electron chi connectivity index (χ2n) is 4.52. The molecule has 0 aliphatic carbocycles. The first-order valence-electron chi connectivity index (χ1n) is 4.98. The minimum atomic E-state index is -0.575. The van der Waals surface area contributed by atoms with Crippen molar-refractivity contribution in [1.82, 2.24) is 10.6 Å². The Hall–Kier alpha value is -1.36. The quantitative estimate of drug-likeness (QED) is 0.795. The predicted octanol–water partition coefficient (Wildman–Crippen LogP) is 2.09. The summed E-state index contributed by atoms with van der Waals surface area (Å²) in [5, 5.41) is 9.07. The second kappa shape index (κ2) is 5.12. The third-order valence-electron chi connectivity index (χ3n) is 1.81. The molecular formula is C11H16N2O2S. The van der Waals surface area contributed by atoms with Gasteiger partial charge in [0.05, 0.1) is 0 Å². The lowest BCUT2D eigenvalue weighted by molar-refractivity contribution is -0.109. The van der Waals surface area contributed by atoms with Crippen LogP contribution >= 0.6 is 11.3 Å². The molecule has 0 bridgehead atoms. The molecule has 1 aromatic rings. The zero-order valence-corrected chi connectivity index (χ0v) is 10.4. The molecule has 4 nitrogen and oxygen atoms in total. The Morgan fingerprint density at radius 1 is 1.50 bits per heavy atom. The summed E-state index contributed by atoms with van der Waals surface area (Å²) >= 11 is 1.49. The van der Waals surface area contributed by atoms with Gasteiger partial charge in [-0.15, -0.1) is 0 Å². The molecule has 2 N–H and O–H groups in total. The number of nitrogens with one attached hydrogen (secondary N) is 2. The zero-order valence-electron chi connectivity index (χ0n) is 9.61. The van der Waals surface area contributed by atoms with Gasteiger partial charge in [0, 0.05) is 5.54 Å². The Balaban J connectivity index is 2.58. The van der Waals surface area contributed by atoms with Crippen molar-refractivity contribution in [3.05, 3.63) is 22.4 Å². The van der Waals surface area contributed by atoms with E-state index in [1.807, 2.05) is 37.6 Å². The van der Waals surface area contributed by atoms with Crippen LogP contribution in [0.2, 0.25) is 0 Å². The van der Waals surface area contributed by atoms with Crippen LogP contribution in [0.1, 0.15) is 32.4 Å². The number of urea groups is 1. The third kappa shape index (κ3) is 4.02. The van der Waals surface area contributed by atoms with Gasteiger partial charge in [0.15, 0.2) is 0 Å². The Bertz CT molecular complexity index is 355. The molecule has 0 unspecified atom stereocenters. The monoisotopic (exact) mass is 240 g/mol. The Kier molecular flexibility index (Phi) is 4.06. The molecule has 0 aliphatic rings. The van der Waals surface area contributed by atoms with Crippen molar-refractivity contribution >= 4 is 23.7 Å². The lowest BCUT2D eigenvalue weighted by atomic mass is 10.1. The fourth-order valence-corrected chi connectivity index (χ4v) is 1.86. The highest BCUT2D eigenvalue weighted by Crippen LogP contribution is 2.14. The van der Waals surface area contributed by atoms with E-state index >= 15 is 0 Å². The zero-order chi connectivity index (χ0) is 12.2. The van der Waals surface area contributed by atoms with Crippen LogP contribution in [0.25, 0.3) is 0 Å². The summed E-state index contributed by atoms with van der Waals surface area (Å²) < 4.78 is 0. The van der Waals surface area contributed by atoms with Crippen molar-refractivity contribution in [2.45, 2.75) is 32.4 Å². The van der Waals surface area contributed by atoms with Crippen LogP contribution < -0.4 is 10.6 Å². The minimum Gasteiger partial charge on any atom is -0.334 e. The Labute approximate surface area is 99.0 Å². The number of thiophene rings is 1. The highest BCUT2D eigenvalue weighted by molar-refractivity contribution is 7.08. The molecule has 1 rings (SSSR count). The maximum Gasteiger partial charge on any atom is 0.316 e. The number of amides is 2. The molecule has 0 saturated carbocycles. The van der Waals surface area contributed by atoms with Crippen LogP contribution in [0.5, 0.6) is 0 Å². The number of rotatable bonds is 3. The van der Waals surface area contributed by atoms with E-state index in [0.717, 1.165) is 11.8 Å². The first-order valence-corrected chi connectivity index (χ1v) is 5.93. The Morgan fingerprint density at radius 2 is 2.19 bits per heavy atom. The van der Waals surface area contributed by atoms with Crippen LogP contribution in [0.15, 0.2) is 16.8 Å². The highest BCUT2D eigenvalue weighted by Gasteiger charge is 2.18. The fourth-order valence-electron chi connectivity index (χ4n) is 1.17. The molecule has 0 radical (unpaired) electrons. The van der Waals surface area contributed by atoms with Crippen molar-refractivity contribution < 1.29 is 9.59 Å². The number of carbonyl (C=O) groups is 2. The van der Waals surface area contributed by atoms with E-state index in [-0.39, 0.29) is 11.6 Å². The SMILES string of the molecule is CC(C)(C)NC(=O)N[C@@H](C=O)c1ccsc1. The first-order chi connectivity index (χ1) is 7.42. The van der Waals surface area contributed by atoms with Gasteiger partial charge in [0.25, 0.3) is 0 Å². The standard InChI is InChI=1S/C11H16N2O2S/c1-11(2,3)13-10(15)12-9(6-14)8-4-5-16-7-8/h4-7,9H,1-3H3,(H2,12,13,15)/t9-/m0/s1. The molecule has 0 aromatic carbocycles. The maximum atomic E-state index is 11.5. The van der Waals surface area contributed by atoms with Crippen LogP contribution in [-0.4, -0.2) is 17.9 Å². The van der Waals surface area contributed by atoms with Crippen molar-refractivity contribution in [2.75, 3.05) is 0 Å². The fraction of sp³-hybridized carbons (Fsp3) is 0.455. The molecule has 2 amide bonds. The van der Waals surface area contributed by atoms with Gasteiger partial charge >= 0.3 is 6.03 Å². The molecule has 1 atom stereocenters. The molecule has 0 aliphatic heterocycles. The molecule has 0 spiro atoms. The van der Waals surface area contributed by atoms with Gasteiger partial charge in [0.1, 0.15) is 12.3 Å². The summed E-state index contributed by atoms with van der Waals surface area (Å²) in [6, 6.07) is 0.908. The van der Waals surface area contributed by atoms with Gasteiger partial charge in [0.2, 0.25) is 0 Å². The van der Waals surface area contributed by atoms with Crippen LogP contribution in [-0.2, 0) is 4.79 Å². The van der Waals surface area contributed by atoms with E-state index in [2.05, 4.69) is 10.6 Å². The summed E-state index contributed by atoms with van der Waals surface area (Å²) in [4.78, 5) is 22.4. The number of hydrogen-bond donors (Lipinski definition) is 2. The third-order valence-corrected chi connectivity index (χ3v) is 2.51. The normalized spacial score (nSPS) is 12.9. The summed E-state index contributed by atoms with van der Waals surface area (Å²) in [5.41, 5.74) is 0.496. The molecule has 0 fully saturated rings. The Morgan fingerprint density at radius 3 is 2.62 bits per heavy atom. The van der Waals surface area contributed by atoms with E-state index in [1.165, 1.54) is 11.3 Å². The topological polar surface area (TPSA) is 58.2 Å². The lowest BCUT2D eigenvalue weighted by Gasteiger charge is -2.22. The van der Waals surface area contributed by atoms with Crippen molar-refractivity contribution in [3.63, 3.8) is 0 Å². The average molecular weight is 240 g/mol. The smallest absolute Gasteiger partial charge is 0.316 e. The largest absolute Gasteiger partial charge is 0.334 e. The van der Waals surface area contributed by atoms with Gasteiger partial charge in [-0.2, -0.15) is 11.3 Å². The molecule has 5 heteroatoms. The number of aldehydes is 1. The summed E-state index contributed by atoms with van der Waals surface area (Å²) in [7, 11) is 0. The summed E-state index contributed by atoms with van der Waals surface area (Å²) in [6.07, 6.45) is 0.726. The average Bonchev–Trinajstić information content (AvgIpc) is 2.63. The van der Waals surface area contributed by atoms with Crippen molar-refractivity contribution in [2.24, 2.45) is 0 Å². The van der Waals surface area contributed by atoms with E-state index in [4.69, 9.17) is 0 Å². The second-order valence-corrected chi connectivity index (χ2v) is 5.30. The summed E-state index contributed by atoms with van der Waals surface area (Å²) in [6.45, 7) is 5.65. The van der Waals surface area contributed by atoms with Crippen molar-refractivity contribution in [3.8, 4) is 0 Å². The van der Waals surface area contributed by atoms with E-state index in [1.54, 1.807) is 0 Å². The minimum absolute atomic E-state index is 0.313. The summed E-state index contributed by atoms with van der Waals surface area (Å²) in [5.74, 6) is 0. The van der Waals surface area contributed by atoms with E-state index in [9.17, 15) is 9.59 Å². The maximum absolute atomic E-state index is 11.5. The molecule has 1 heterocycles. The van der Waals surface area contributed by atoms with E-state index < -0.39 is 6.04 Å². The van der Waals surface area contributed by atoms with Crippen LogP contribution in [0, 0.1) is 0 Å². The number of carbonyl (C=O) groups excluding carboxylic acids is 2. The van der Waals surface area contributed by atoms with E-state index in [0.29, 0.717) is 0 Å². The highest BCUT2D eigenvalue weighted by atomic mass is 32.1. The van der Waals surface area contributed by atoms with Gasteiger partial charge < -0.3 is 15.4 Å².